The van der Waals surface area contributed by atoms with E-state index in [1.807, 2.05) is 13.8 Å². The van der Waals surface area contributed by atoms with E-state index in [1.54, 1.807) is 36.7 Å². The van der Waals surface area contributed by atoms with E-state index < -0.39 is 11.5 Å². The van der Waals surface area contributed by atoms with Gasteiger partial charge in [0.1, 0.15) is 11.5 Å². The van der Waals surface area contributed by atoms with E-state index in [1.165, 1.54) is 6.07 Å². The number of ether oxygens (including phenoxy) is 1. The topological polar surface area (TPSA) is 85.4 Å². The molecule has 0 amide bonds. The van der Waals surface area contributed by atoms with E-state index in [9.17, 15) is 9.90 Å². The maximum Gasteiger partial charge on any atom is 0.208 e. The van der Waals surface area contributed by atoms with Crippen LogP contribution in [0.2, 0.25) is 5.02 Å². The van der Waals surface area contributed by atoms with E-state index >= 15 is 0 Å². The number of hydrogen-bond donors (Lipinski definition) is 2. The lowest BCUT2D eigenvalue weighted by Crippen LogP contribution is -2.41. The summed E-state index contributed by atoms with van der Waals surface area (Å²) in [6.45, 7) is 4.08. The van der Waals surface area contributed by atoms with Gasteiger partial charge in [-0.2, -0.15) is 0 Å². The lowest BCUT2D eigenvalue weighted by molar-refractivity contribution is -0.123. The standard InChI is InChI=1S/C19H19ClN2O3/c1-19(2,10-21)18-16(24)15(11-5-7-22-8-6-11)17(25-18)12-3-4-13(20)14(23)9-12/h3-9,18,23H,10,21H2,1-2H3. The average Bonchev–Trinajstić information content (AvgIpc) is 2.96. The van der Waals surface area contributed by atoms with Crippen molar-refractivity contribution in [3.63, 3.8) is 0 Å². The number of carbonyl (C=O) groups is 1. The normalized spacial score (nSPS) is 17.8. The quantitative estimate of drug-likeness (QED) is 0.876. The van der Waals surface area contributed by atoms with Gasteiger partial charge in [0, 0.05) is 29.9 Å². The van der Waals surface area contributed by atoms with Crippen LogP contribution in [0.15, 0.2) is 42.7 Å². The number of rotatable bonds is 4. The summed E-state index contributed by atoms with van der Waals surface area (Å²) in [6, 6.07) is 8.28. The second-order valence-corrected chi connectivity index (χ2v) is 7.07. The lowest BCUT2D eigenvalue weighted by Gasteiger charge is -2.28. The number of aromatic hydroxyl groups is 1. The highest BCUT2D eigenvalue weighted by Gasteiger charge is 2.44. The first kappa shape index (κ1) is 17.5. The van der Waals surface area contributed by atoms with Gasteiger partial charge in [-0.05, 0) is 35.9 Å². The molecule has 0 fully saturated rings. The van der Waals surface area contributed by atoms with E-state index in [2.05, 4.69) is 4.98 Å². The highest BCUT2D eigenvalue weighted by atomic mass is 35.5. The van der Waals surface area contributed by atoms with Crippen molar-refractivity contribution >= 4 is 28.7 Å². The molecule has 0 radical (unpaired) electrons. The number of phenolic OH excluding ortho intramolecular Hbond substituents is 1. The van der Waals surface area contributed by atoms with Crippen LogP contribution < -0.4 is 5.73 Å². The van der Waals surface area contributed by atoms with Gasteiger partial charge in [-0.25, -0.2) is 0 Å². The minimum absolute atomic E-state index is 0.0710. The zero-order valence-electron chi connectivity index (χ0n) is 14.0. The lowest BCUT2D eigenvalue weighted by atomic mass is 9.82. The molecular formula is C19H19ClN2O3. The van der Waals surface area contributed by atoms with Crippen molar-refractivity contribution in [3.05, 3.63) is 58.9 Å². The van der Waals surface area contributed by atoms with Crippen LogP contribution in [0, 0.1) is 5.41 Å². The fourth-order valence-electron chi connectivity index (χ4n) is 2.75. The second kappa shape index (κ2) is 6.50. The van der Waals surface area contributed by atoms with Crippen LogP contribution in [-0.4, -0.2) is 28.5 Å². The van der Waals surface area contributed by atoms with Gasteiger partial charge in [-0.15, -0.1) is 0 Å². The summed E-state index contributed by atoms with van der Waals surface area (Å²) in [5.41, 5.74) is 7.05. The Morgan fingerprint density at radius 3 is 2.52 bits per heavy atom. The van der Waals surface area contributed by atoms with Crippen molar-refractivity contribution in [2.75, 3.05) is 6.54 Å². The Labute approximate surface area is 151 Å². The van der Waals surface area contributed by atoms with Gasteiger partial charge in [-0.3, -0.25) is 9.78 Å². The van der Waals surface area contributed by atoms with Crippen molar-refractivity contribution < 1.29 is 14.6 Å². The molecule has 0 spiro atoms. The maximum absolute atomic E-state index is 13.1. The van der Waals surface area contributed by atoms with Gasteiger partial charge in [-0.1, -0.05) is 25.4 Å². The number of halogens is 1. The van der Waals surface area contributed by atoms with E-state index in [-0.39, 0.29) is 16.6 Å². The molecule has 1 aliphatic heterocycles. The summed E-state index contributed by atoms with van der Waals surface area (Å²) >= 11 is 5.89. The molecule has 3 rings (SSSR count). The van der Waals surface area contributed by atoms with Crippen LogP contribution in [0.4, 0.5) is 0 Å². The Balaban J connectivity index is 2.16. The number of aromatic nitrogens is 1. The Morgan fingerprint density at radius 2 is 1.92 bits per heavy atom. The van der Waals surface area contributed by atoms with Crippen molar-refractivity contribution in [1.29, 1.82) is 0 Å². The van der Waals surface area contributed by atoms with Gasteiger partial charge in [0.25, 0.3) is 0 Å². The summed E-state index contributed by atoms with van der Waals surface area (Å²) < 4.78 is 6.05. The fourth-order valence-corrected chi connectivity index (χ4v) is 2.87. The smallest absolute Gasteiger partial charge is 0.208 e. The predicted octanol–water partition coefficient (Wildman–Crippen LogP) is 3.26. The third-order valence-corrected chi connectivity index (χ3v) is 4.68. The van der Waals surface area contributed by atoms with Gasteiger partial charge in [0.15, 0.2) is 6.10 Å². The van der Waals surface area contributed by atoms with E-state index in [0.717, 1.165) is 0 Å². The summed E-state index contributed by atoms with van der Waals surface area (Å²) in [7, 11) is 0. The highest BCUT2D eigenvalue weighted by molar-refractivity contribution is 6.33. The molecule has 5 nitrogen and oxygen atoms in total. The van der Waals surface area contributed by atoms with Crippen LogP contribution in [0.25, 0.3) is 11.3 Å². The Morgan fingerprint density at radius 1 is 1.24 bits per heavy atom. The molecule has 1 aromatic heterocycles. The maximum atomic E-state index is 13.1. The van der Waals surface area contributed by atoms with Crippen LogP contribution in [-0.2, 0) is 9.53 Å². The number of nitrogens with two attached hydrogens (primary N) is 1. The molecule has 2 heterocycles. The minimum Gasteiger partial charge on any atom is -0.506 e. The zero-order chi connectivity index (χ0) is 18.2. The third kappa shape index (κ3) is 3.13. The van der Waals surface area contributed by atoms with Crippen molar-refractivity contribution in [2.24, 2.45) is 11.1 Å². The SMILES string of the molecule is CC(C)(CN)C1OC(c2ccc(Cl)c(O)c2)=C(c2ccncc2)C1=O. The second-order valence-electron chi connectivity index (χ2n) is 6.66. The number of phenols is 1. The predicted molar refractivity (Wildman–Crippen MR) is 96.9 cm³/mol. The number of benzene rings is 1. The number of hydrogen-bond acceptors (Lipinski definition) is 5. The first-order valence-corrected chi connectivity index (χ1v) is 8.27. The van der Waals surface area contributed by atoms with Gasteiger partial charge in [0.05, 0.1) is 10.6 Å². The summed E-state index contributed by atoms with van der Waals surface area (Å²) in [5, 5.41) is 10.2. The molecule has 0 aliphatic carbocycles. The van der Waals surface area contributed by atoms with Gasteiger partial charge < -0.3 is 15.6 Å². The Kier molecular flexibility index (Phi) is 4.54. The number of pyridine rings is 1. The first-order valence-electron chi connectivity index (χ1n) is 7.89. The zero-order valence-corrected chi connectivity index (χ0v) is 14.7. The number of ketones is 1. The average molecular weight is 359 g/mol. The molecule has 0 bridgehead atoms. The van der Waals surface area contributed by atoms with Crippen molar-refractivity contribution in [2.45, 2.75) is 20.0 Å². The van der Waals surface area contributed by atoms with Crippen LogP contribution in [0.3, 0.4) is 0 Å². The van der Waals surface area contributed by atoms with Crippen LogP contribution >= 0.6 is 11.6 Å². The molecule has 3 N–H and O–H groups in total. The number of nitrogens with zero attached hydrogens (tertiary/aromatic N) is 1. The Bertz CT molecular complexity index is 847. The molecule has 1 atom stereocenters. The summed E-state index contributed by atoms with van der Waals surface area (Å²) in [4.78, 5) is 17.1. The van der Waals surface area contributed by atoms with Crippen LogP contribution in [0.1, 0.15) is 25.0 Å². The molecule has 130 valence electrons. The molecule has 25 heavy (non-hydrogen) atoms. The molecule has 1 aliphatic rings. The molecule has 1 aromatic carbocycles. The molecule has 0 saturated carbocycles. The monoisotopic (exact) mass is 358 g/mol. The van der Waals surface area contributed by atoms with E-state index in [4.69, 9.17) is 22.1 Å². The molecule has 6 heteroatoms. The third-order valence-electron chi connectivity index (χ3n) is 4.36. The van der Waals surface area contributed by atoms with Crippen molar-refractivity contribution in [1.82, 2.24) is 4.98 Å². The van der Waals surface area contributed by atoms with Crippen molar-refractivity contribution in [3.8, 4) is 5.75 Å². The first-order chi connectivity index (χ1) is 11.8. The fraction of sp³-hybridized carbons (Fsp3) is 0.263. The molecule has 1 unspecified atom stereocenters. The van der Waals surface area contributed by atoms with Crippen LogP contribution in [0.5, 0.6) is 5.75 Å². The number of Topliss-reactive ketones (excluding diaryl/α,β-unsaturated/α-hetero) is 1. The Hall–Kier alpha value is -2.37. The molecule has 2 aromatic rings. The minimum atomic E-state index is -0.700. The summed E-state index contributed by atoms with van der Waals surface area (Å²) in [6.07, 6.45) is 2.54. The largest absolute Gasteiger partial charge is 0.506 e. The molecular weight excluding hydrogens is 340 g/mol. The highest BCUT2D eigenvalue weighted by Crippen LogP contribution is 2.42. The summed E-state index contributed by atoms with van der Waals surface area (Å²) in [5.74, 6) is 0.208. The van der Waals surface area contributed by atoms with Gasteiger partial charge in [0.2, 0.25) is 5.78 Å². The number of carbonyl (C=O) groups excluding carboxylic acids is 1. The molecule has 0 saturated heterocycles. The van der Waals surface area contributed by atoms with Gasteiger partial charge >= 0.3 is 0 Å². The van der Waals surface area contributed by atoms with E-state index in [0.29, 0.717) is 29.0 Å².